The molecule has 1 amide bonds. The number of guanidine groups is 1. The second-order valence-corrected chi connectivity index (χ2v) is 7.29. The van der Waals surface area contributed by atoms with Crippen molar-refractivity contribution in [3.05, 3.63) is 35.4 Å². The van der Waals surface area contributed by atoms with Gasteiger partial charge >= 0.3 is 0 Å². The lowest BCUT2D eigenvalue weighted by molar-refractivity contribution is 0.0963. The predicted octanol–water partition coefficient (Wildman–Crippen LogP) is 2.66. The standard InChI is InChI=1S/C22H39N5O/c1-5-24-22(25-15-9-7-6-8-10-17-27(3)4)26-16-14-19-12-11-13-20(18-19)21(28)23-2/h11-13,18H,5-10,14-17H2,1-4H3,(H,23,28)(H2,24,25,26). The maximum atomic E-state index is 11.7. The Morgan fingerprint density at radius 2 is 1.82 bits per heavy atom. The number of aliphatic imine (C=N–C) groups is 1. The number of hydrogen-bond acceptors (Lipinski definition) is 3. The lowest BCUT2D eigenvalue weighted by atomic mass is 10.1. The van der Waals surface area contributed by atoms with Gasteiger partial charge in [-0.3, -0.25) is 9.79 Å². The van der Waals surface area contributed by atoms with Crippen molar-refractivity contribution in [1.82, 2.24) is 20.9 Å². The second-order valence-electron chi connectivity index (χ2n) is 7.29. The van der Waals surface area contributed by atoms with E-state index < -0.39 is 0 Å². The fraction of sp³-hybridized carbons (Fsp3) is 0.636. The van der Waals surface area contributed by atoms with Crippen LogP contribution in [0.1, 0.15) is 54.9 Å². The molecular weight excluding hydrogens is 350 g/mol. The van der Waals surface area contributed by atoms with E-state index in [2.05, 4.69) is 52.9 Å². The van der Waals surface area contributed by atoms with E-state index in [1.165, 1.54) is 32.2 Å². The van der Waals surface area contributed by atoms with Gasteiger partial charge in [-0.1, -0.05) is 31.4 Å². The first-order valence-electron chi connectivity index (χ1n) is 10.5. The molecule has 1 aromatic carbocycles. The van der Waals surface area contributed by atoms with E-state index in [1.807, 2.05) is 18.2 Å². The van der Waals surface area contributed by atoms with E-state index in [0.29, 0.717) is 5.56 Å². The fourth-order valence-electron chi connectivity index (χ4n) is 2.94. The molecule has 6 heteroatoms. The number of amides is 1. The lowest BCUT2D eigenvalue weighted by Gasteiger charge is -2.12. The Bertz CT molecular complexity index is 586. The molecular formula is C22H39N5O. The zero-order chi connectivity index (χ0) is 20.6. The summed E-state index contributed by atoms with van der Waals surface area (Å²) in [4.78, 5) is 18.6. The van der Waals surface area contributed by atoms with E-state index in [9.17, 15) is 4.79 Å². The van der Waals surface area contributed by atoms with Crippen LogP contribution >= 0.6 is 0 Å². The van der Waals surface area contributed by atoms with Crippen LogP contribution in [0.15, 0.2) is 29.3 Å². The van der Waals surface area contributed by atoms with Crippen LogP contribution in [-0.4, -0.2) is 64.1 Å². The summed E-state index contributed by atoms with van der Waals surface area (Å²) < 4.78 is 0. The summed E-state index contributed by atoms with van der Waals surface area (Å²) in [6.07, 6.45) is 7.09. The molecule has 0 unspecified atom stereocenters. The molecule has 28 heavy (non-hydrogen) atoms. The summed E-state index contributed by atoms with van der Waals surface area (Å²) in [7, 11) is 5.91. The summed E-state index contributed by atoms with van der Waals surface area (Å²) in [6.45, 7) is 5.75. The summed E-state index contributed by atoms with van der Waals surface area (Å²) >= 11 is 0. The topological polar surface area (TPSA) is 68.8 Å². The molecule has 0 fully saturated rings. The predicted molar refractivity (Wildman–Crippen MR) is 119 cm³/mol. The van der Waals surface area contributed by atoms with Crippen molar-refractivity contribution in [3.63, 3.8) is 0 Å². The van der Waals surface area contributed by atoms with Crippen molar-refractivity contribution < 1.29 is 4.79 Å². The van der Waals surface area contributed by atoms with Gasteiger partial charge in [0.25, 0.3) is 5.91 Å². The third-order valence-electron chi connectivity index (χ3n) is 4.50. The normalized spacial score (nSPS) is 11.5. The number of benzene rings is 1. The van der Waals surface area contributed by atoms with Crippen LogP contribution < -0.4 is 16.0 Å². The quantitative estimate of drug-likeness (QED) is 0.276. The Hall–Kier alpha value is -2.08. The highest BCUT2D eigenvalue weighted by molar-refractivity contribution is 5.94. The van der Waals surface area contributed by atoms with Crippen LogP contribution in [0.25, 0.3) is 0 Å². The van der Waals surface area contributed by atoms with Gasteiger partial charge in [0.15, 0.2) is 5.96 Å². The van der Waals surface area contributed by atoms with E-state index >= 15 is 0 Å². The molecule has 0 aliphatic carbocycles. The van der Waals surface area contributed by atoms with E-state index in [-0.39, 0.29) is 5.91 Å². The highest BCUT2D eigenvalue weighted by atomic mass is 16.1. The maximum absolute atomic E-state index is 11.7. The van der Waals surface area contributed by atoms with Gasteiger partial charge < -0.3 is 20.9 Å². The summed E-state index contributed by atoms with van der Waals surface area (Å²) in [5.74, 6) is 0.823. The first kappa shape index (κ1) is 24.0. The van der Waals surface area contributed by atoms with Gasteiger partial charge in [-0.2, -0.15) is 0 Å². The summed E-state index contributed by atoms with van der Waals surface area (Å²) in [5.41, 5.74) is 1.84. The number of carbonyl (C=O) groups is 1. The Morgan fingerprint density at radius 3 is 2.54 bits per heavy atom. The molecule has 1 rings (SSSR count). The number of unbranched alkanes of at least 4 members (excludes halogenated alkanes) is 4. The molecule has 0 radical (unpaired) electrons. The minimum atomic E-state index is -0.0496. The summed E-state index contributed by atoms with van der Waals surface area (Å²) in [5, 5.41) is 9.35. The average Bonchev–Trinajstić information content (AvgIpc) is 2.69. The van der Waals surface area contributed by atoms with Crippen molar-refractivity contribution >= 4 is 11.9 Å². The van der Waals surface area contributed by atoms with Crippen LogP contribution in [-0.2, 0) is 6.42 Å². The van der Waals surface area contributed by atoms with E-state index in [4.69, 9.17) is 0 Å². The van der Waals surface area contributed by atoms with Crippen LogP contribution in [0.5, 0.6) is 0 Å². The van der Waals surface area contributed by atoms with Gasteiger partial charge in [0, 0.05) is 32.2 Å². The molecule has 0 aliphatic rings. The van der Waals surface area contributed by atoms with Gasteiger partial charge in [-0.25, -0.2) is 0 Å². The smallest absolute Gasteiger partial charge is 0.251 e. The Labute approximate surface area is 171 Å². The molecule has 158 valence electrons. The highest BCUT2D eigenvalue weighted by Crippen LogP contribution is 2.06. The van der Waals surface area contributed by atoms with Gasteiger partial charge in [0.1, 0.15) is 0 Å². The fourth-order valence-corrected chi connectivity index (χ4v) is 2.94. The van der Waals surface area contributed by atoms with Crippen LogP contribution in [0.3, 0.4) is 0 Å². The van der Waals surface area contributed by atoms with Gasteiger partial charge in [-0.05, 0) is 64.5 Å². The van der Waals surface area contributed by atoms with Crippen LogP contribution in [0.4, 0.5) is 0 Å². The Balaban J connectivity index is 2.30. The average molecular weight is 390 g/mol. The number of nitrogens with one attached hydrogen (secondary N) is 3. The molecule has 6 nitrogen and oxygen atoms in total. The van der Waals surface area contributed by atoms with Crippen LogP contribution in [0.2, 0.25) is 0 Å². The van der Waals surface area contributed by atoms with Crippen molar-refractivity contribution in [2.45, 2.75) is 45.4 Å². The van der Waals surface area contributed by atoms with E-state index in [0.717, 1.165) is 44.0 Å². The highest BCUT2D eigenvalue weighted by Gasteiger charge is 2.04. The molecule has 0 saturated carbocycles. The SMILES string of the molecule is CCNC(=NCCCCCCCN(C)C)NCCc1cccc(C(=O)NC)c1. The van der Waals surface area contributed by atoms with Gasteiger partial charge in [-0.15, -0.1) is 0 Å². The van der Waals surface area contributed by atoms with Gasteiger partial charge in [0.2, 0.25) is 0 Å². The van der Waals surface area contributed by atoms with Crippen LogP contribution in [0, 0.1) is 0 Å². The summed E-state index contributed by atoms with van der Waals surface area (Å²) in [6, 6.07) is 7.76. The zero-order valence-corrected chi connectivity index (χ0v) is 18.2. The largest absolute Gasteiger partial charge is 0.357 e. The molecule has 0 saturated heterocycles. The number of hydrogen-bond donors (Lipinski definition) is 3. The number of rotatable bonds is 13. The Kier molecular flexibility index (Phi) is 12.8. The van der Waals surface area contributed by atoms with Crippen molar-refractivity contribution in [3.8, 4) is 0 Å². The molecule has 0 atom stereocenters. The monoisotopic (exact) mass is 389 g/mol. The van der Waals surface area contributed by atoms with Crippen molar-refractivity contribution in [2.24, 2.45) is 4.99 Å². The minimum absolute atomic E-state index is 0.0496. The minimum Gasteiger partial charge on any atom is -0.357 e. The number of nitrogens with zero attached hydrogens (tertiary/aromatic N) is 2. The molecule has 1 aromatic rings. The second kappa shape index (κ2) is 14.9. The van der Waals surface area contributed by atoms with Crippen molar-refractivity contribution in [1.29, 1.82) is 0 Å². The van der Waals surface area contributed by atoms with E-state index in [1.54, 1.807) is 7.05 Å². The molecule has 3 N–H and O–H groups in total. The molecule has 0 heterocycles. The lowest BCUT2D eigenvalue weighted by Crippen LogP contribution is -2.38. The van der Waals surface area contributed by atoms with Crippen molar-refractivity contribution in [2.75, 3.05) is 47.3 Å². The first-order chi connectivity index (χ1) is 13.6. The molecule has 0 aliphatic heterocycles. The molecule has 0 aromatic heterocycles. The zero-order valence-electron chi connectivity index (χ0n) is 18.2. The molecule has 0 bridgehead atoms. The maximum Gasteiger partial charge on any atom is 0.251 e. The first-order valence-corrected chi connectivity index (χ1v) is 10.5. The third kappa shape index (κ3) is 10.9. The van der Waals surface area contributed by atoms with Gasteiger partial charge in [0.05, 0.1) is 0 Å². The molecule has 0 spiro atoms. The Morgan fingerprint density at radius 1 is 1.07 bits per heavy atom. The third-order valence-corrected chi connectivity index (χ3v) is 4.50. The number of carbonyl (C=O) groups excluding carboxylic acids is 1.